The van der Waals surface area contributed by atoms with Crippen molar-refractivity contribution in [1.82, 2.24) is 14.9 Å². The van der Waals surface area contributed by atoms with Crippen molar-refractivity contribution < 1.29 is 13.6 Å². The number of halogens is 1. The first-order valence-corrected chi connectivity index (χ1v) is 8.18. The summed E-state index contributed by atoms with van der Waals surface area (Å²) in [5.74, 6) is -0.665. The number of hydrogen-bond acceptors (Lipinski definition) is 4. The number of amides is 1. The lowest BCUT2D eigenvalue weighted by Crippen LogP contribution is -2.26. The SMILES string of the molecule is Cc1c(C(=O)N(C)Cc2cnc3ccccc3n2)oc2c(F)cccc12. The van der Waals surface area contributed by atoms with Crippen LogP contribution in [0.5, 0.6) is 0 Å². The van der Waals surface area contributed by atoms with Crippen molar-refractivity contribution in [3.05, 3.63) is 71.5 Å². The third-order valence-corrected chi connectivity index (χ3v) is 4.35. The Hall–Kier alpha value is -3.28. The van der Waals surface area contributed by atoms with E-state index in [2.05, 4.69) is 9.97 Å². The summed E-state index contributed by atoms with van der Waals surface area (Å²) in [7, 11) is 1.65. The van der Waals surface area contributed by atoms with Gasteiger partial charge in [-0.3, -0.25) is 9.78 Å². The van der Waals surface area contributed by atoms with Crippen molar-refractivity contribution in [3.8, 4) is 0 Å². The fourth-order valence-electron chi connectivity index (χ4n) is 2.97. The van der Waals surface area contributed by atoms with E-state index in [1.54, 1.807) is 32.3 Å². The van der Waals surface area contributed by atoms with Crippen LogP contribution >= 0.6 is 0 Å². The van der Waals surface area contributed by atoms with E-state index in [9.17, 15) is 9.18 Å². The standard InChI is InChI=1S/C20H16FN3O2/c1-12-14-6-5-7-15(21)19(14)26-18(12)20(25)24(2)11-13-10-22-16-8-3-4-9-17(16)23-13/h3-10H,11H2,1-2H3. The number of fused-ring (bicyclic) bond motifs is 2. The smallest absolute Gasteiger partial charge is 0.289 e. The second kappa shape index (κ2) is 6.22. The van der Waals surface area contributed by atoms with Gasteiger partial charge in [-0.1, -0.05) is 24.3 Å². The lowest BCUT2D eigenvalue weighted by Gasteiger charge is -2.15. The largest absolute Gasteiger partial charge is 0.448 e. The quantitative estimate of drug-likeness (QED) is 0.559. The second-order valence-corrected chi connectivity index (χ2v) is 6.18. The summed E-state index contributed by atoms with van der Waals surface area (Å²) in [5, 5.41) is 0.604. The van der Waals surface area contributed by atoms with Crippen LogP contribution in [0.3, 0.4) is 0 Å². The molecular formula is C20H16FN3O2. The molecule has 0 unspecified atom stereocenters. The number of carbonyl (C=O) groups is 1. The van der Waals surface area contributed by atoms with Crippen molar-refractivity contribution in [3.63, 3.8) is 0 Å². The average Bonchev–Trinajstić information content (AvgIpc) is 2.99. The summed E-state index contributed by atoms with van der Waals surface area (Å²) in [4.78, 5) is 23.1. The zero-order valence-electron chi connectivity index (χ0n) is 14.4. The Balaban J connectivity index is 1.63. The minimum atomic E-state index is -0.479. The molecule has 6 heteroatoms. The topological polar surface area (TPSA) is 59.2 Å². The third kappa shape index (κ3) is 2.69. The molecule has 2 heterocycles. The van der Waals surface area contributed by atoms with Crippen LogP contribution < -0.4 is 0 Å². The highest BCUT2D eigenvalue weighted by molar-refractivity contribution is 5.98. The summed E-state index contributed by atoms with van der Waals surface area (Å²) in [6.07, 6.45) is 1.65. The van der Waals surface area contributed by atoms with Gasteiger partial charge in [0.2, 0.25) is 0 Å². The molecule has 0 atom stereocenters. The van der Waals surface area contributed by atoms with E-state index in [1.807, 2.05) is 24.3 Å². The molecule has 5 nitrogen and oxygen atoms in total. The summed E-state index contributed by atoms with van der Waals surface area (Å²) in [6, 6.07) is 12.2. The first-order valence-electron chi connectivity index (χ1n) is 8.18. The minimum absolute atomic E-state index is 0.104. The molecule has 0 bridgehead atoms. The molecule has 2 aromatic heterocycles. The second-order valence-electron chi connectivity index (χ2n) is 6.18. The van der Waals surface area contributed by atoms with Crippen molar-refractivity contribution in [1.29, 1.82) is 0 Å². The number of nitrogens with zero attached hydrogens (tertiary/aromatic N) is 3. The molecule has 0 spiro atoms. The molecule has 26 heavy (non-hydrogen) atoms. The van der Waals surface area contributed by atoms with Gasteiger partial charge in [0.25, 0.3) is 5.91 Å². The van der Waals surface area contributed by atoms with Crippen LogP contribution in [0.4, 0.5) is 4.39 Å². The fourth-order valence-corrected chi connectivity index (χ4v) is 2.97. The Kier molecular flexibility index (Phi) is 3.88. The van der Waals surface area contributed by atoms with E-state index in [0.29, 0.717) is 16.6 Å². The third-order valence-electron chi connectivity index (χ3n) is 4.35. The van der Waals surface area contributed by atoms with Gasteiger partial charge in [-0.15, -0.1) is 0 Å². The van der Waals surface area contributed by atoms with Crippen LogP contribution in [-0.2, 0) is 6.54 Å². The van der Waals surface area contributed by atoms with Crippen LogP contribution in [0.15, 0.2) is 53.1 Å². The molecule has 130 valence electrons. The molecule has 0 N–H and O–H groups in total. The number of para-hydroxylation sites is 3. The van der Waals surface area contributed by atoms with Gasteiger partial charge in [0.15, 0.2) is 17.2 Å². The minimum Gasteiger partial charge on any atom is -0.448 e. The maximum atomic E-state index is 13.9. The molecule has 0 aliphatic heterocycles. The molecule has 1 amide bonds. The highest BCUT2D eigenvalue weighted by Gasteiger charge is 2.22. The molecule has 0 fully saturated rings. The van der Waals surface area contributed by atoms with Gasteiger partial charge in [0, 0.05) is 18.0 Å². The number of aromatic nitrogens is 2. The maximum Gasteiger partial charge on any atom is 0.289 e. The summed E-state index contributed by atoms with van der Waals surface area (Å²) >= 11 is 0. The van der Waals surface area contributed by atoms with Crippen molar-refractivity contribution >= 4 is 27.9 Å². The molecule has 0 radical (unpaired) electrons. The molecule has 4 rings (SSSR count). The fraction of sp³-hybridized carbons (Fsp3) is 0.150. The first kappa shape index (κ1) is 16.2. The zero-order valence-corrected chi connectivity index (χ0v) is 14.4. The lowest BCUT2D eigenvalue weighted by molar-refractivity contribution is 0.0753. The normalized spacial score (nSPS) is 11.2. The predicted octanol–water partition coefficient (Wildman–Crippen LogP) is 4.10. The van der Waals surface area contributed by atoms with E-state index in [-0.39, 0.29) is 23.8 Å². The predicted molar refractivity (Wildman–Crippen MR) is 96.2 cm³/mol. The van der Waals surface area contributed by atoms with Crippen LogP contribution in [0.2, 0.25) is 0 Å². The Morgan fingerprint density at radius 3 is 2.69 bits per heavy atom. The summed E-state index contributed by atoms with van der Waals surface area (Å²) in [6.45, 7) is 2.03. The van der Waals surface area contributed by atoms with Crippen molar-refractivity contribution in [2.75, 3.05) is 7.05 Å². The highest BCUT2D eigenvalue weighted by Crippen LogP contribution is 2.28. The molecule has 0 saturated heterocycles. The Morgan fingerprint density at radius 1 is 1.15 bits per heavy atom. The monoisotopic (exact) mass is 349 g/mol. The van der Waals surface area contributed by atoms with Gasteiger partial charge in [0.1, 0.15) is 0 Å². The van der Waals surface area contributed by atoms with Crippen LogP contribution in [-0.4, -0.2) is 27.8 Å². The molecular weight excluding hydrogens is 333 g/mol. The zero-order chi connectivity index (χ0) is 18.3. The van der Waals surface area contributed by atoms with Crippen LogP contribution in [0.1, 0.15) is 21.8 Å². The molecule has 2 aromatic carbocycles. The van der Waals surface area contributed by atoms with Crippen molar-refractivity contribution in [2.24, 2.45) is 0 Å². The van der Waals surface area contributed by atoms with Crippen LogP contribution in [0.25, 0.3) is 22.0 Å². The van der Waals surface area contributed by atoms with E-state index < -0.39 is 5.82 Å². The summed E-state index contributed by atoms with van der Waals surface area (Å²) < 4.78 is 19.4. The average molecular weight is 349 g/mol. The number of furan rings is 1. The number of hydrogen-bond donors (Lipinski definition) is 0. The Labute approximate surface area is 149 Å². The Morgan fingerprint density at radius 2 is 1.92 bits per heavy atom. The Bertz CT molecular complexity index is 1140. The maximum absolute atomic E-state index is 13.9. The van der Waals surface area contributed by atoms with Gasteiger partial charge >= 0.3 is 0 Å². The van der Waals surface area contributed by atoms with Gasteiger partial charge in [-0.25, -0.2) is 9.37 Å². The number of benzene rings is 2. The van der Waals surface area contributed by atoms with E-state index in [0.717, 1.165) is 11.0 Å². The number of aryl methyl sites for hydroxylation is 1. The highest BCUT2D eigenvalue weighted by atomic mass is 19.1. The van der Waals surface area contributed by atoms with Gasteiger partial charge in [-0.05, 0) is 25.1 Å². The van der Waals surface area contributed by atoms with Gasteiger partial charge in [0.05, 0.1) is 29.5 Å². The first-order chi connectivity index (χ1) is 12.5. The molecule has 0 saturated carbocycles. The van der Waals surface area contributed by atoms with Gasteiger partial charge < -0.3 is 9.32 Å². The number of carbonyl (C=O) groups excluding carboxylic acids is 1. The lowest BCUT2D eigenvalue weighted by atomic mass is 10.1. The number of rotatable bonds is 3. The molecule has 0 aliphatic rings. The van der Waals surface area contributed by atoms with Crippen molar-refractivity contribution in [2.45, 2.75) is 13.5 Å². The van der Waals surface area contributed by atoms with Gasteiger partial charge in [-0.2, -0.15) is 0 Å². The van der Waals surface area contributed by atoms with E-state index in [1.165, 1.54) is 11.0 Å². The van der Waals surface area contributed by atoms with Crippen LogP contribution in [0, 0.1) is 12.7 Å². The molecule has 0 aliphatic carbocycles. The van der Waals surface area contributed by atoms with E-state index >= 15 is 0 Å². The summed E-state index contributed by atoms with van der Waals surface area (Å²) in [5.41, 5.74) is 2.97. The molecule has 4 aromatic rings. The van der Waals surface area contributed by atoms with E-state index in [4.69, 9.17) is 4.42 Å².